The summed E-state index contributed by atoms with van der Waals surface area (Å²) >= 11 is 3.07. The SMILES string of the molecule is CCCNC(=O)[C@H](NC(=O)C(=O)c1c(C)c(C(=O)Nc2ccc(F)c(C)c2)c(C)n1C)C(C)(C)C.Cc1ccc(C(C)(C)NC(=O)C(=O)c2c(C)c(C(=O)Nc3ccc(F)c(C)c3)c(C)n2C)s1.Cc1cnc(C(NC(=O)C(=O)c2c(C)c(C(=O)Nc3ccc(F)c(C)c3)c(C)n2C)C2CC2)s1.Cc1noc(C(NC(=O)C(=O)c2c(C)c(C(=O)Nc3ccc(F)c(C)c3)c(C)n2C)C2CCOCC2)n1. The highest BCUT2D eigenvalue weighted by Gasteiger charge is 2.42. The quantitative estimate of drug-likeness (QED) is 0.0125. The Morgan fingerprint density at radius 2 is 0.784 bits per heavy atom. The molecule has 0 radical (unpaired) electrons. The number of rotatable bonds is 28. The van der Waals surface area contributed by atoms with Crippen molar-refractivity contribution in [2.75, 3.05) is 41.0 Å². The highest BCUT2D eigenvalue weighted by Crippen LogP contribution is 2.43. The highest BCUT2D eigenvalue weighted by molar-refractivity contribution is 7.12. The summed E-state index contributed by atoms with van der Waals surface area (Å²) in [5.74, 6) is -9.00. The third-order valence-electron chi connectivity index (χ3n) is 24.8. The zero-order chi connectivity index (χ0) is 103. The fourth-order valence-electron chi connectivity index (χ4n) is 16.6. The van der Waals surface area contributed by atoms with E-state index in [1.54, 1.807) is 172 Å². The summed E-state index contributed by atoms with van der Waals surface area (Å²) in [5.41, 5.74) is 7.23. The van der Waals surface area contributed by atoms with Crippen LogP contribution in [0, 0.1) is 144 Å². The molecule has 0 bridgehead atoms. The number of ether oxygens (including phenoxy) is 1. The number of ketones is 4. The van der Waals surface area contributed by atoms with Gasteiger partial charge in [0.25, 0.3) is 70.4 Å². The number of aromatic nitrogens is 7. The van der Waals surface area contributed by atoms with Gasteiger partial charge in [-0.1, -0.05) is 32.9 Å². The first-order valence-electron chi connectivity index (χ1n) is 45.2. The van der Waals surface area contributed by atoms with Crippen molar-refractivity contribution < 1.29 is 89.2 Å². The van der Waals surface area contributed by atoms with Crippen LogP contribution in [0.5, 0.6) is 0 Å². The Balaban J connectivity index is 0.000000191. The van der Waals surface area contributed by atoms with E-state index in [0.717, 1.165) is 38.9 Å². The van der Waals surface area contributed by atoms with Crippen molar-refractivity contribution in [3.63, 3.8) is 0 Å². The molecule has 139 heavy (non-hydrogen) atoms. The molecule has 1 saturated carbocycles. The molecule has 2 aliphatic rings. The van der Waals surface area contributed by atoms with E-state index in [-0.39, 0.29) is 86.8 Å². The van der Waals surface area contributed by atoms with Gasteiger partial charge in [-0.15, -0.1) is 22.7 Å². The first-order chi connectivity index (χ1) is 65.2. The zero-order valence-corrected chi connectivity index (χ0v) is 84.4. The molecule has 9 amide bonds. The minimum Gasteiger partial charge on any atom is -0.381 e. The van der Waals surface area contributed by atoms with E-state index in [9.17, 15) is 79.9 Å². The molecule has 13 rings (SSSR count). The van der Waals surface area contributed by atoms with Crippen LogP contribution >= 0.6 is 22.7 Å². The maximum absolute atomic E-state index is 13.6. The van der Waals surface area contributed by atoms with Crippen LogP contribution in [0.3, 0.4) is 0 Å². The normalized spacial score (nSPS) is 13.2. The minimum atomic E-state index is -0.929. The molecular weight excluding hydrogens is 1830 g/mol. The van der Waals surface area contributed by atoms with E-state index in [0.29, 0.717) is 140 Å². The number of hydrogen-bond acceptors (Lipinski definition) is 20. The van der Waals surface area contributed by atoms with Gasteiger partial charge in [0.1, 0.15) is 40.4 Å². The summed E-state index contributed by atoms with van der Waals surface area (Å²) < 4.78 is 71.2. The number of anilines is 4. The predicted molar refractivity (Wildman–Crippen MR) is 522 cm³/mol. The fraction of sp³-hybridized carbons (Fsp3) is 0.392. The minimum absolute atomic E-state index is 0.0397. The molecule has 4 aromatic carbocycles. The fourth-order valence-corrected chi connectivity index (χ4v) is 18.5. The third-order valence-corrected chi connectivity index (χ3v) is 27.2. The molecular formula is C102H120F4N16O15S2. The molecule has 2 fully saturated rings. The number of halogens is 4. The molecule has 2 unspecified atom stereocenters. The molecule has 3 atom stereocenters. The summed E-state index contributed by atoms with van der Waals surface area (Å²) in [7, 11) is 6.52. The van der Waals surface area contributed by atoms with Crippen molar-refractivity contribution in [3.8, 4) is 0 Å². The molecule has 738 valence electrons. The van der Waals surface area contributed by atoms with Gasteiger partial charge in [-0.25, -0.2) is 22.5 Å². The van der Waals surface area contributed by atoms with E-state index in [4.69, 9.17) is 9.26 Å². The standard InChI is InChI=1S/C26H30FN5O5.C26H35FN4O4.C25H27FN4O3S.C25H28FN3O3S/c1-13-12-18(6-7-19(13)27)29-24(34)20-14(2)22(32(5)15(20)3)23(33)25(35)30-21(17-8-10-36-11-9-17)26-28-16(4)31-37-26;1-9-12-28-25(35)22(26(5,6)7)30-24(34)21(32)20-15(3)19(16(4)31(20)8)23(33)29-17-10-11-18(27)14(2)13-17;1-12-10-17(8-9-18(12)26)28-23(32)19-14(3)21(30(5)15(19)4)22(31)24(33)29-20(16-6-7-16)25-27-11-13(2)34-25;1-13-12-17(9-10-18(13)26)27-23(31)20-15(3)21(29(7)16(20)4)22(30)24(32)28-25(5,6)19-11-8-14(2)33-19/h6-7,12,17,21H,8-11H2,1-5H3,(H,29,34)(H,30,35);10-11,13,22H,9,12H2,1-8H3,(H,28,35)(H,29,33)(H,30,34);8-11,16,20H,6-7H2,1-5H3,(H,28,32)(H,29,33);8-12H,1-7H3,(H,27,31)(H,28,32)/t;22-;;/m.0../s1. The Labute approximate surface area is 812 Å². The smallest absolute Gasteiger partial charge is 0.294 e. The second-order valence-corrected chi connectivity index (χ2v) is 39.2. The summed E-state index contributed by atoms with van der Waals surface area (Å²) in [5, 5.41) is 29.4. The second-order valence-electron chi connectivity index (χ2n) is 36.7. The number of carbonyl (C=O) groups excluding carboxylic acids is 13. The van der Waals surface area contributed by atoms with Crippen molar-refractivity contribution in [1.29, 1.82) is 0 Å². The molecule has 0 spiro atoms. The molecule has 8 heterocycles. The Kier molecular flexibility index (Phi) is 34.4. The molecule has 11 aromatic rings. The predicted octanol–water partition coefficient (Wildman–Crippen LogP) is 16.6. The lowest BCUT2D eigenvalue weighted by Crippen LogP contribution is -2.55. The van der Waals surface area contributed by atoms with Crippen LogP contribution in [0.1, 0.15) is 268 Å². The number of thiazole rings is 1. The Morgan fingerprint density at radius 3 is 1.09 bits per heavy atom. The number of hydrogen-bond donors (Lipinski definition) is 9. The van der Waals surface area contributed by atoms with Crippen molar-refractivity contribution in [2.45, 2.75) is 201 Å². The monoisotopic (exact) mass is 1950 g/mol. The molecule has 7 aromatic heterocycles. The zero-order valence-electron chi connectivity index (χ0n) is 82.8. The summed E-state index contributed by atoms with van der Waals surface area (Å²) in [4.78, 5) is 181. The third kappa shape index (κ3) is 24.8. The van der Waals surface area contributed by atoms with Crippen LogP contribution in [0.2, 0.25) is 0 Å². The topological polar surface area (TPSA) is 411 Å². The van der Waals surface area contributed by atoms with E-state index < -0.39 is 93.4 Å². The van der Waals surface area contributed by atoms with Gasteiger partial charge < -0.3 is 75.4 Å². The number of nitrogens with one attached hydrogen (secondary N) is 9. The molecule has 31 nitrogen and oxygen atoms in total. The first kappa shape index (κ1) is 107. The second kappa shape index (κ2) is 44.7. The number of aryl methyl sites for hydroxylation is 7. The maximum atomic E-state index is 13.6. The molecule has 9 N–H and O–H groups in total. The van der Waals surface area contributed by atoms with Crippen LogP contribution in [-0.2, 0) is 62.4 Å². The van der Waals surface area contributed by atoms with E-state index >= 15 is 0 Å². The van der Waals surface area contributed by atoms with Crippen LogP contribution in [0.25, 0.3) is 0 Å². The van der Waals surface area contributed by atoms with Gasteiger partial charge in [0.15, 0.2) is 5.82 Å². The number of nitrogens with zero attached hydrogens (tertiary/aromatic N) is 7. The lowest BCUT2D eigenvalue weighted by atomic mass is 9.86. The molecule has 37 heteroatoms. The lowest BCUT2D eigenvalue weighted by molar-refractivity contribution is -0.129. The van der Waals surface area contributed by atoms with Gasteiger partial charge in [0, 0.05) is 114 Å². The molecule has 1 aliphatic heterocycles. The van der Waals surface area contributed by atoms with Crippen LogP contribution in [-0.4, -0.2) is 135 Å². The number of thiophene rings is 1. The van der Waals surface area contributed by atoms with Crippen molar-refractivity contribution >= 4 is 122 Å². The largest absolute Gasteiger partial charge is 0.381 e. The summed E-state index contributed by atoms with van der Waals surface area (Å²) in [6.07, 6.45) is 5.79. The Hall–Kier alpha value is -13.9. The van der Waals surface area contributed by atoms with Crippen LogP contribution in [0.4, 0.5) is 40.3 Å². The van der Waals surface area contributed by atoms with Crippen molar-refractivity contribution in [1.82, 2.24) is 60.0 Å². The lowest BCUT2D eigenvalue weighted by Gasteiger charge is -2.30. The van der Waals surface area contributed by atoms with Crippen LogP contribution in [0.15, 0.2) is 95.6 Å². The number of benzene rings is 4. The van der Waals surface area contributed by atoms with Gasteiger partial charge in [0.2, 0.25) is 11.8 Å². The van der Waals surface area contributed by atoms with Crippen LogP contribution < -0.4 is 47.9 Å². The summed E-state index contributed by atoms with van der Waals surface area (Å²) in [6.45, 7) is 37.8. The Bertz CT molecular complexity index is 6660. The van der Waals surface area contributed by atoms with E-state index in [1.165, 1.54) is 87.2 Å². The number of Topliss-reactive ketones (excluding diaryl/α,β-unsaturated/α-hetero) is 4. The number of carbonyl (C=O) groups is 13. The number of amides is 9. The molecule has 1 aliphatic carbocycles. The van der Waals surface area contributed by atoms with E-state index in [2.05, 4.69) is 63.0 Å². The summed E-state index contributed by atoms with van der Waals surface area (Å²) in [6, 6.07) is 19.1. The first-order valence-corrected chi connectivity index (χ1v) is 46.8. The van der Waals surface area contributed by atoms with Gasteiger partial charge in [-0.3, -0.25) is 62.3 Å². The van der Waals surface area contributed by atoms with Gasteiger partial charge in [-0.05, 0) is 296 Å². The van der Waals surface area contributed by atoms with Gasteiger partial charge in [0.05, 0.1) is 56.6 Å². The van der Waals surface area contributed by atoms with Gasteiger partial charge >= 0.3 is 0 Å². The van der Waals surface area contributed by atoms with Gasteiger partial charge in [-0.2, -0.15) is 4.98 Å². The molecule has 1 saturated heterocycles. The van der Waals surface area contributed by atoms with Crippen molar-refractivity contribution in [3.05, 3.63) is 258 Å². The highest BCUT2D eigenvalue weighted by atomic mass is 32.1. The average molecular weight is 1950 g/mol. The Morgan fingerprint density at radius 1 is 0.439 bits per heavy atom. The maximum Gasteiger partial charge on any atom is 0.294 e. The van der Waals surface area contributed by atoms with Crippen molar-refractivity contribution in [2.24, 2.45) is 45.4 Å². The van der Waals surface area contributed by atoms with E-state index in [1.807, 2.05) is 46.8 Å². The average Bonchev–Trinajstić information content (AvgIpc) is 1.63.